The molecule has 1 heterocycles. The zero-order valence-electron chi connectivity index (χ0n) is 7.52. The average molecular weight is 195 g/mol. The molecular weight excluding hydrogens is 182 g/mol. The summed E-state index contributed by atoms with van der Waals surface area (Å²) in [5, 5.41) is 11.1. The summed E-state index contributed by atoms with van der Waals surface area (Å²) < 4.78 is 0. The molecule has 4 heteroatoms. The molecule has 0 bridgehead atoms. The molecule has 0 aromatic carbocycles. The molecule has 0 atom stereocenters. The van der Waals surface area contributed by atoms with Crippen molar-refractivity contribution in [2.24, 2.45) is 10.2 Å². The van der Waals surface area contributed by atoms with E-state index in [1.807, 2.05) is 5.38 Å². The molecule has 1 aliphatic carbocycles. The highest BCUT2D eigenvalue weighted by atomic mass is 32.1. The first kappa shape index (κ1) is 8.81. The van der Waals surface area contributed by atoms with Crippen molar-refractivity contribution in [1.29, 1.82) is 0 Å². The van der Waals surface area contributed by atoms with Gasteiger partial charge in [0.15, 0.2) is 0 Å². The fraction of sp³-hybridized carbons (Fsp3) is 0.667. The first-order valence-corrected chi connectivity index (χ1v) is 5.63. The Morgan fingerprint density at radius 1 is 1.31 bits per heavy atom. The summed E-state index contributed by atoms with van der Waals surface area (Å²) in [7, 11) is 0. The lowest BCUT2D eigenvalue weighted by molar-refractivity contribution is 0.432. The number of aromatic nitrogens is 1. The van der Waals surface area contributed by atoms with E-state index in [0.717, 1.165) is 5.13 Å². The lowest BCUT2D eigenvalue weighted by Gasteiger charge is -2.15. The van der Waals surface area contributed by atoms with Gasteiger partial charge in [0, 0.05) is 11.6 Å². The predicted molar refractivity (Wildman–Crippen MR) is 53.5 cm³/mol. The first-order chi connectivity index (χ1) is 6.45. The lowest BCUT2D eigenvalue weighted by Crippen LogP contribution is -2.08. The molecule has 70 valence electrons. The van der Waals surface area contributed by atoms with Crippen LogP contribution in [0.1, 0.15) is 32.1 Å². The van der Waals surface area contributed by atoms with Gasteiger partial charge in [0.05, 0.1) is 6.04 Å². The molecule has 0 amide bonds. The van der Waals surface area contributed by atoms with Crippen molar-refractivity contribution in [1.82, 2.24) is 4.98 Å². The van der Waals surface area contributed by atoms with Gasteiger partial charge in [-0.25, -0.2) is 4.98 Å². The molecule has 1 aliphatic rings. The van der Waals surface area contributed by atoms with Crippen molar-refractivity contribution in [2.75, 3.05) is 0 Å². The summed E-state index contributed by atoms with van der Waals surface area (Å²) in [5.74, 6) is 0. The monoisotopic (exact) mass is 195 g/mol. The maximum absolute atomic E-state index is 4.30. The minimum absolute atomic E-state index is 0.456. The number of hydrogen-bond donors (Lipinski definition) is 0. The van der Waals surface area contributed by atoms with Crippen LogP contribution in [0.15, 0.2) is 21.8 Å². The maximum Gasteiger partial charge on any atom is 0.229 e. The van der Waals surface area contributed by atoms with E-state index < -0.39 is 0 Å². The second kappa shape index (κ2) is 4.46. The van der Waals surface area contributed by atoms with Crippen molar-refractivity contribution >= 4 is 16.5 Å². The molecular formula is C9H13N3S. The number of rotatable bonds is 2. The highest BCUT2D eigenvalue weighted by Gasteiger charge is 2.11. The molecule has 1 saturated carbocycles. The van der Waals surface area contributed by atoms with Gasteiger partial charge in [0.25, 0.3) is 0 Å². The van der Waals surface area contributed by atoms with Gasteiger partial charge in [0.2, 0.25) is 5.13 Å². The highest BCUT2D eigenvalue weighted by Crippen LogP contribution is 2.23. The van der Waals surface area contributed by atoms with Crippen molar-refractivity contribution in [3.8, 4) is 0 Å². The van der Waals surface area contributed by atoms with E-state index in [-0.39, 0.29) is 0 Å². The van der Waals surface area contributed by atoms with Gasteiger partial charge in [-0.05, 0) is 12.8 Å². The van der Waals surface area contributed by atoms with E-state index in [1.165, 1.54) is 43.4 Å². The van der Waals surface area contributed by atoms with Crippen LogP contribution in [0.4, 0.5) is 5.13 Å². The summed E-state index contributed by atoms with van der Waals surface area (Å²) in [6, 6.07) is 0.456. The van der Waals surface area contributed by atoms with E-state index in [0.29, 0.717) is 6.04 Å². The normalized spacial score (nSPS) is 19.7. The Kier molecular flexibility index (Phi) is 3.02. The van der Waals surface area contributed by atoms with Crippen LogP contribution in [0.3, 0.4) is 0 Å². The third kappa shape index (κ3) is 2.59. The van der Waals surface area contributed by atoms with Gasteiger partial charge < -0.3 is 0 Å². The Bertz CT molecular complexity index is 262. The maximum atomic E-state index is 4.30. The van der Waals surface area contributed by atoms with Crippen molar-refractivity contribution in [2.45, 2.75) is 38.1 Å². The standard InChI is InChI=1S/C9H13N3S/c1-2-4-8(5-3-1)11-12-9-10-6-7-13-9/h6-8H,1-5H2. The van der Waals surface area contributed by atoms with Gasteiger partial charge in [-0.2, -0.15) is 5.11 Å². The van der Waals surface area contributed by atoms with Crippen molar-refractivity contribution < 1.29 is 0 Å². The predicted octanol–water partition coefficient (Wildman–Crippen LogP) is 3.56. The summed E-state index contributed by atoms with van der Waals surface area (Å²) >= 11 is 1.54. The van der Waals surface area contributed by atoms with Crippen LogP contribution in [0.5, 0.6) is 0 Å². The fourth-order valence-corrected chi connectivity index (χ4v) is 2.05. The van der Waals surface area contributed by atoms with Crippen LogP contribution in [0, 0.1) is 0 Å². The SMILES string of the molecule is c1csc(N=NC2CCCCC2)n1. The molecule has 2 rings (SSSR count). The molecule has 3 nitrogen and oxygen atoms in total. The lowest BCUT2D eigenvalue weighted by atomic mass is 9.96. The van der Waals surface area contributed by atoms with Crippen LogP contribution in [-0.4, -0.2) is 11.0 Å². The summed E-state index contributed by atoms with van der Waals surface area (Å²) in [6.45, 7) is 0. The topological polar surface area (TPSA) is 37.6 Å². The third-order valence-electron chi connectivity index (χ3n) is 2.30. The molecule has 0 unspecified atom stereocenters. The van der Waals surface area contributed by atoms with Crippen molar-refractivity contribution in [3.63, 3.8) is 0 Å². The molecule has 1 aromatic rings. The summed E-state index contributed by atoms with van der Waals surface area (Å²) in [6.07, 6.45) is 8.15. The Labute approximate surface area is 81.9 Å². The zero-order valence-corrected chi connectivity index (χ0v) is 8.33. The van der Waals surface area contributed by atoms with Gasteiger partial charge in [-0.15, -0.1) is 16.5 Å². The summed E-state index contributed by atoms with van der Waals surface area (Å²) in [4.78, 5) is 4.06. The largest absolute Gasteiger partial charge is 0.229 e. The second-order valence-electron chi connectivity index (χ2n) is 3.32. The molecule has 0 radical (unpaired) electrons. The molecule has 0 spiro atoms. The minimum Gasteiger partial charge on any atom is -0.226 e. The van der Waals surface area contributed by atoms with Crippen molar-refractivity contribution in [3.05, 3.63) is 11.6 Å². The van der Waals surface area contributed by atoms with Crippen LogP contribution in [0.2, 0.25) is 0 Å². The van der Waals surface area contributed by atoms with Gasteiger partial charge >= 0.3 is 0 Å². The average Bonchev–Trinajstić information content (AvgIpc) is 2.69. The minimum atomic E-state index is 0.456. The van der Waals surface area contributed by atoms with Crippen LogP contribution < -0.4 is 0 Å². The van der Waals surface area contributed by atoms with Gasteiger partial charge in [-0.1, -0.05) is 19.3 Å². The van der Waals surface area contributed by atoms with E-state index in [9.17, 15) is 0 Å². The highest BCUT2D eigenvalue weighted by molar-refractivity contribution is 7.13. The van der Waals surface area contributed by atoms with Crippen LogP contribution >= 0.6 is 11.3 Å². The Hall–Kier alpha value is -0.770. The number of nitrogens with zero attached hydrogens (tertiary/aromatic N) is 3. The molecule has 0 aliphatic heterocycles. The van der Waals surface area contributed by atoms with Crippen LogP contribution in [0.25, 0.3) is 0 Å². The molecule has 0 saturated heterocycles. The molecule has 0 N–H and O–H groups in total. The number of hydrogen-bond acceptors (Lipinski definition) is 4. The van der Waals surface area contributed by atoms with E-state index in [2.05, 4.69) is 15.2 Å². The zero-order chi connectivity index (χ0) is 8.93. The van der Waals surface area contributed by atoms with Gasteiger partial charge in [0.1, 0.15) is 0 Å². The second-order valence-corrected chi connectivity index (χ2v) is 4.19. The Balaban J connectivity index is 1.89. The summed E-state index contributed by atoms with van der Waals surface area (Å²) in [5.41, 5.74) is 0. The van der Waals surface area contributed by atoms with Crippen LogP contribution in [-0.2, 0) is 0 Å². The fourth-order valence-electron chi connectivity index (χ4n) is 1.59. The van der Waals surface area contributed by atoms with Gasteiger partial charge in [-0.3, -0.25) is 0 Å². The molecule has 1 fully saturated rings. The van der Waals surface area contributed by atoms with E-state index in [4.69, 9.17) is 0 Å². The first-order valence-electron chi connectivity index (χ1n) is 4.75. The van der Waals surface area contributed by atoms with E-state index in [1.54, 1.807) is 6.20 Å². The quantitative estimate of drug-likeness (QED) is 0.665. The van der Waals surface area contributed by atoms with E-state index >= 15 is 0 Å². The molecule has 1 aromatic heterocycles. The molecule has 13 heavy (non-hydrogen) atoms. The Morgan fingerprint density at radius 3 is 2.85 bits per heavy atom. The smallest absolute Gasteiger partial charge is 0.226 e. The third-order valence-corrected chi connectivity index (χ3v) is 2.96. The number of azo groups is 1. The number of thiazole rings is 1. The Morgan fingerprint density at radius 2 is 2.15 bits per heavy atom.